The van der Waals surface area contributed by atoms with Gasteiger partial charge in [-0.15, -0.1) is 0 Å². The SMILES string of the molecule is CCC(C)CNCc1ccc(Br)c2cccnc12. The zero-order chi connectivity index (χ0) is 13.0. The molecule has 0 fully saturated rings. The van der Waals surface area contributed by atoms with Crippen LogP contribution in [0.5, 0.6) is 0 Å². The Morgan fingerprint density at radius 1 is 1.33 bits per heavy atom. The van der Waals surface area contributed by atoms with E-state index in [0.29, 0.717) is 0 Å². The van der Waals surface area contributed by atoms with Crippen LogP contribution < -0.4 is 5.32 Å². The van der Waals surface area contributed by atoms with Crippen LogP contribution in [0.25, 0.3) is 10.9 Å². The molecule has 0 saturated heterocycles. The van der Waals surface area contributed by atoms with E-state index in [1.54, 1.807) is 0 Å². The van der Waals surface area contributed by atoms with Crippen LogP contribution in [0.2, 0.25) is 0 Å². The van der Waals surface area contributed by atoms with Crippen molar-refractivity contribution < 1.29 is 0 Å². The maximum atomic E-state index is 4.49. The van der Waals surface area contributed by atoms with E-state index in [9.17, 15) is 0 Å². The van der Waals surface area contributed by atoms with E-state index in [-0.39, 0.29) is 0 Å². The fourth-order valence-corrected chi connectivity index (χ4v) is 2.39. The van der Waals surface area contributed by atoms with E-state index in [0.717, 1.165) is 29.0 Å². The van der Waals surface area contributed by atoms with Gasteiger partial charge in [0.05, 0.1) is 5.52 Å². The molecule has 1 heterocycles. The van der Waals surface area contributed by atoms with Crippen molar-refractivity contribution >= 4 is 26.8 Å². The molecule has 18 heavy (non-hydrogen) atoms. The van der Waals surface area contributed by atoms with Crippen molar-refractivity contribution in [3.8, 4) is 0 Å². The van der Waals surface area contributed by atoms with Gasteiger partial charge in [0.25, 0.3) is 0 Å². The Kier molecular flexibility index (Phi) is 4.72. The highest BCUT2D eigenvalue weighted by atomic mass is 79.9. The van der Waals surface area contributed by atoms with Crippen LogP contribution >= 0.6 is 15.9 Å². The minimum Gasteiger partial charge on any atom is -0.312 e. The molecule has 2 nitrogen and oxygen atoms in total. The first-order valence-corrected chi connectivity index (χ1v) is 7.24. The predicted octanol–water partition coefficient (Wildman–Crippen LogP) is 4.13. The quantitative estimate of drug-likeness (QED) is 0.898. The average molecular weight is 307 g/mol. The molecular formula is C15H19BrN2. The van der Waals surface area contributed by atoms with Crippen molar-refractivity contribution in [2.45, 2.75) is 26.8 Å². The largest absolute Gasteiger partial charge is 0.312 e. The van der Waals surface area contributed by atoms with Crippen molar-refractivity contribution in [2.24, 2.45) is 5.92 Å². The monoisotopic (exact) mass is 306 g/mol. The van der Waals surface area contributed by atoms with Gasteiger partial charge in [0, 0.05) is 22.6 Å². The fourth-order valence-electron chi connectivity index (χ4n) is 1.94. The highest BCUT2D eigenvalue weighted by molar-refractivity contribution is 9.10. The Morgan fingerprint density at radius 3 is 2.94 bits per heavy atom. The summed E-state index contributed by atoms with van der Waals surface area (Å²) in [6.07, 6.45) is 3.07. The molecule has 1 aromatic carbocycles. The molecule has 96 valence electrons. The number of benzene rings is 1. The van der Waals surface area contributed by atoms with Crippen LogP contribution in [0, 0.1) is 5.92 Å². The highest BCUT2D eigenvalue weighted by Gasteiger charge is 2.05. The number of aromatic nitrogens is 1. The van der Waals surface area contributed by atoms with Crippen LogP contribution in [0.4, 0.5) is 0 Å². The van der Waals surface area contributed by atoms with E-state index >= 15 is 0 Å². The van der Waals surface area contributed by atoms with Crippen molar-refractivity contribution in [2.75, 3.05) is 6.54 Å². The van der Waals surface area contributed by atoms with Gasteiger partial charge >= 0.3 is 0 Å². The fraction of sp³-hybridized carbons (Fsp3) is 0.400. The molecule has 0 saturated carbocycles. The highest BCUT2D eigenvalue weighted by Crippen LogP contribution is 2.25. The summed E-state index contributed by atoms with van der Waals surface area (Å²) < 4.78 is 1.11. The molecule has 0 spiro atoms. The number of rotatable bonds is 5. The summed E-state index contributed by atoms with van der Waals surface area (Å²) in [6, 6.07) is 8.32. The number of nitrogens with one attached hydrogen (secondary N) is 1. The number of nitrogens with zero attached hydrogens (tertiary/aromatic N) is 1. The Morgan fingerprint density at radius 2 is 2.17 bits per heavy atom. The first kappa shape index (κ1) is 13.5. The van der Waals surface area contributed by atoms with E-state index in [2.05, 4.69) is 58.3 Å². The third-order valence-corrected chi connectivity index (χ3v) is 4.00. The summed E-state index contributed by atoms with van der Waals surface area (Å²) in [5.41, 5.74) is 2.35. The number of hydrogen-bond donors (Lipinski definition) is 1. The third kappa shape index (κ3) is 3.09. The Hall–Kier alpha value is -0.930. The second kappa shape index (κ2) is 6.30. The molecular weight excluding hydrogens is 288 g/mol. The maximum Gasteiger partial charge on any atom is 0.0758 e. The van der Waals surface area contributed by atoms with Gasteiger partial charge in [0.1, 0.15) is 0 Å². The lowest BCUT2D eigenvalue weighted by atomic mass is 10.1. The Bertz CT molecular complexity index is 525. The van der Waals surface area contributed by atoms with Gasteiger partial charge in [-0.25, -0.2) is 0 Å². The van der Waals surface area contributed by atoms with E-state index < -0.39 is 0 Å². The standard InChI is InChI=1S/C15H19BrN2/c1-3-11(2)9-17-10-12-6-7-14(16)13-5-4-8-18-15(12)13/h4-8,11,17H,3,9-10H2,1-2H3. The first-order valence-electron chi connectivity index (χ1n) is 6.45. The number of halogens is 1. The lowest BCUT2D eigenvalue weighted by Gasteiger charge is -2.11. The molecule has 0 bridgehead atoms. The Labute approximate surface area is 117 Å². The van der Waals surface area contributed by atoms with E-state index in [1.807, 2.05) is 12.3 Å². The van der Waals surface area contributed by atoms with Crippen LogP contribution in [-0.4, -0.2) is 11.5 Å². The lowest BCUT2D eigenvalue weighted by Crippen LogP contribution is -2.20. The molecule has 0 aliphatic carbocycles. The number of fused-ring (bicyclic) bond motifs is 1. The van der Waals surface area contributed by atoms with Crippen LogP contribution in [0.1, 0.15) is 25.8 Å². The van der Waals surface area contributed by atoms with E-state index in [4.69, 9.17) is 0 Å². The first-order chi connectivity index (χ1) is 8.72. The van der Waals surface area contributed by atoms with Gasteiger partial charge < -0.3 is 5.32 Å². The minimum atomic E-state index is 0.722. The van der Waals surface area contributed by atoms with Crippen molar-refractivity contribution in [3.63, 3.8) is 0 Å². The molecule has 1 atom stereocenters. The summed E-state index contributed by atoms with van der Waals surface area (Å²) in [5.74, 6) is 0.722. The summed E-state index contributed by atoms with van der Waals surface area (Å²) in [5, 5.41) is 4.69. The molecule has 0 aliphatic heterocycles. The van der Waals surface area contributed by atoms with Gasteiger partial charge in [-0.05, 0) is 30.2 Å². The average Bonchev–Trinajstić information content (AvgIpc) is 2.41. The topological polar surface area (TPSA) is 24.9 Å². The van der Waals surface area contributed by atoms with Gasteiger partial charge in [-0.2, -0.15) is 0 Å². The van der Waals surface area contributed by atoms with Crippen LogP contribution in [0.3, 0.4) is 0 Å². The zero-order valence-electron chi connectivity index (χ0n) is 10.9. The van der Waals surface area contributed by atoms with Crippen molar-refractivity contribution in [3.05, 3.63) is 40.5 Å². The molecule has 1 N–H and O–H groups in total. The van der Waals surface area contributed by atoms with Gasteiger partial charge in [-0.1, -0.05) is 48.3 Å². The zero-order valence-corrected chi connectivity index (χ0v) is 12.5. The maximum absolute atomic E-state index is 4.49. The third-order valence-electron chi connectivity index (χ3n) is 3.31. The van der Waals surface area contributed by atoms with Crippen molar-refractivity contribution in [1.29, 1.82) is 0 Å². The second-order valence-corrected chi connectivity index (χ2v) is 5.60. The molecule has 2 rings (SSSR count). The molecule has 0 amide bonds. The van der Waals surface area contributed by atoms with Gasteiger partial charge in [0.15, 0.2) is 0 Å². The minimum absolute atomic E-state index is 0.722. The summed E-state index contributed by atoms with van der Waals surface area (Å²) in [6.45, 7) is 6.43. The van der Waals surface area contributed by atoms with Crippen LogP contribution in [-0.2, 0) is 6.54 Å². The summed E-state index contributed by atoms with van der Waals surface area (Å²) in [4.78, 5) is 4.49. The Balaban J connectivity index is 2.16. The lowest BCUT2D eigenvalue weighted by molar-refractivity contribution is 0.500. The van der Waals surface area contributed by atoms with Gasteiger partial charge in [0.2, 0.25) is 0 Å². The smallest absolute Gasteiger partial charge is 0.0758 e. The molecule has 0 aliphatic rings. The number of hydrogen-bond acceptors (Lipinski definition) is 2. The second-order valence-electron chi connectivity index (χ2n) is 4.75. The number of pyridine rings is 1. The van der Waals surface area contributed by atoms with Crippen LogP contribution in [0.15, 0.2) is 34.9 Å². The predicted molar refractivity (Wildman–Crippen MR) is 80.6 cm³/mol. The van der Waals surface area contributed by atoms with Crippen molar-refractivity contribution in [1.82, 2.24) is 10.3 Å². The summed E-state index contributed by atoms with van der Waals surface area (Å²) in [7, 11) is 0. The molecule has 3 heteroatoms. The molecule has 0 radical (unpaired) electrons. The van der Waals surface area contributed by atoms with Gasteiger partial charge in [-0.3, -0.25) is 4.98 Å². The molecule has 2 aromatic rings. The molecule has 1 unspecified atom stereocenters. The molecule has 1 aromatic heterocycles. The summed E-state index contributed by atoms with van der Waals surface area (Å²) >= 11 is 3.57. The normalized spacial score (nSPS) is 12.8. The van der Waals surface area contributed by atoms with E-state index in [1.165, 1.54) is 17.4 Å².